The van der Waals surface area contributed by atoms with E-state index in [9.17, 15) is 4.79 Å². The summed E-state index contributed by atoms with van der Waals surface area (Å²) >= 11 is 1.48. The van der Waals surface area contributed by atoms with Crippen molar-refractivity contribution in [3.05, 3.63) is 106 Å². The Labute approximate surface area is 177 Å². The summed E-state index contributed by atoms with van der Waals surface area (Å²) in [6.45, 7) is 0.462. The fraction of sp³-hybridized carbons (Fsp3) is 0.0400. The van der Waals surface area contributed by atoms with E-state index in [-0.39, 0.29) is 5.70 Å². The van der Waals surface area contributed by atoms with Crippen molar-refractivity contribution in [1.29, 1.82) is 0 Å². The lowest BCUT2D eigenvalue weighted by atomic mass is 10.1. The van der Waals surface area contributed by atoms with Gasteiger partial charge >= 0.3 is 5.97 Å². The van der Waals surface area contributed by atoms with Gasteiger partial charge in [0.2, 0.25) is 5.90 Å². The molecule has 0 saturated heterocycles. The third-order valence-electron chi connectivity index (χ3n) is 4.79. The maximum Gasteiger partial charge on any atom is 0.363 e. The van der Waals surface area contributed by atoms with E-state index in [0.717, 1.165) is 21.8 Å². The van der Waals surface area contributed by atoms with Crippen molar-refractivity contribution in [3.8, 4) is 5.75 Å². The van der Waals surface area contributed by atoms with E-state index in [0.29, 0.717) is 12.5 Å². The number of benzene rings is 3. The van der Waals surface area contributed by atoms with Crippen molar-refractivity contribution in [2.24, 2.45) is 4.99 Å². The van der Waals surface area contributed by atoms with Crippen molar-refractivity contribution < 1.29 is 14.3 Å². The summed E-state index contributed by atoms with van der Waals surface area (Å²) in [5, 5.41) is 4.29. The lowest BCUT2D eigenvalue weighted by Crippen LogP contribution is -2.03. The zero-order valence-corrected chi connectivity index (χ0v) is 16.8. The number of hydrogen-bond donors (Lipinski definition) is 0. The van der Waals surface area contributed by atoms with Crippen LogP contribution in [0.3, 0.4) is 0 Å². The Morgan fingerprint density at radius 3 is 2.73 bits per heavy atom. The average Bonchev–Trinajstić information content (AvgIpc) is 3.43. The Morgan fingerprint density at radius 1 is 0.967 bits per heavy atom. The smallest absolute Gasteiger partial charge is 0.363 e. The van der Waals surface area contributed by atoms with Gasteiger partial charge < -0.3 is 9.47 Å². The van der Waals surface area contributed by atoms with Crippen molar-refractivity contribution in [2.45, 2.75) is 6.61 Å². The van der Waals surface area contributed by atoms with Gasteiger partial charge in [0.15, 0.2) is 5.70 Å². The molecule has 0 fully saturated rings. The molecule has 0 amide bonds. The van der Waals surface area contributed by atoms with E-state index < -0.39 is 5.97 Å². The van der Waals surface area contributed by atoms with Crippen LogP contribution in [0.4, 0.5) is 0 Å². The molecule has 2 heterocycles. The highest BCUT2D eigenvalue weighted by atomic mass is 32.1. The van der Waals surface area contributed by atoms with Crippen LogP contribution < -0.4 is 4.74 Å². The monoisotopic (exact) mass is 411 g/mol. The number of fused-ring (bicyclic) bond motifs is 1. The summed E-state index contributed by atoms with van der Waals surface area (Å²) in [7, 11) is 0. The molecular formula is C25H17NO3S. The van der Waals surface area contributed by atoms with Gasteiger partial charge in [0.05, 0.1) is 4.88 Å². The largest absolute Gasteiger partial charge is 0.489 e. The zero-order chi connectivity index (χ0) is 20.3. The molecule has 1 aliphatic heterocycles. The average molecular weight is 411 g/mol. The number of ether oxygens (including phenoxy) is 2. The highest BCUT2D eigenvalue weighted by molar-refractivity contribution is 7.12. The molecule has 3 aromatic carbocycles. The summed E-state index contributed by atoms with van der Waals surface area (Å²) in [6, 6.07) is 25.8. The molecule has 1 aliphatic rings. The maximum absolute atomic E-state index is 12.2. The second-order valence-corrected chi connectivity index (χ2v) is 7.76. The first-order valence-corrected chi connectivity index (χ1v) is 10.4. The number of aliphatic imine (C=N–C) groups is 1. The Morgan fingerprint density at radius 2 is 1.83 bits per heavy atom. The molecular weight excluding hydrogens is 394 g/mol. The van der Waals surface area contributed by atoms with Crippen molar-refractivity contribution in [1.82, 2.24) is 0 Å². The van der Waals surface area contributed by atoms with Crippen LogP contribution in [0, 0.1) is 0 Å². The highest BCUT2D eigenvalue weighted by Gasteiger charge is 2.24. The minimum atomic E-state index is -0.444. The van der Waals surface area contributed by atoms with E-state index >= 15 is 0 Å². The lowest BCUT2D eigenvalue weighted by molar-refractivity contribution is -0.129. The van der Waals surface area contributed by atoms with Crippen LogP contribution in [-0.4, -0.2) is 11.9 Å². The summed E-state index contributed by atoms with van der Waals surface area (Å²) in [4.78, 5) is 17.3. The van der Waals surface area contributed by atoms with E-state index in [2.05, 4.69) is 29.3 Å². The number of nitrogens with zero attached hydrogens (tertiary/aromatic N) is 1. The van der Waals surface area contributed by atoms with E-state index in [1.54, 1.807) is 6.08 Å². The molecule has 0 atom stereocenters. The Kier molecular flexibility index (Phi) is 4.87. The van der Waals surface area contributed by atoms with E-state index in [4.69, 9.17) is 9.47 Å². The molecule has 4 nitrogen and oxygen atoms in total. The number of carbonyl (C=O) groups is 1. The van der Waals surface area contributed by atoms with Crippen LogP contribution in [0.5, 0.6) is 5.75 Å². The maximum atomic E-state index is 12.2. The van der Waals surface area contributed by atoms with Gasteiger partial charge in [-0.3, -0.25) is 0 Å². The Hall–Kier alpha value is -3.70. The fourth-order valence-electron chi connectivity index (χ4n) is 3.35. The standard InChI is InChI=1S/C25H17NO3S/c27-25-22(26-24(29-25)23-12-5-13-30-23)15-17-6-3-10-20(14-17)28-16-19-9-4-8-18-7-1-2-11-21(18)19/h1-15H,16H2/b22-15+. The lowest BCUT2D eigenvalue weighted by Gasteiger charge is -2.09. The Bertz CT molecular complexity index is 1280. The minimum absolute atomic E-state index is 0.282. The number of cyclic esters (lactones) is 1. The van der Waals surface area contributed by atoms with Gasteiger partial charge in [-0.2, -0.15) is 0 Å². The molecule has 30 heavy (non-hydrogen) atoms. The van der Waals surface area contributed by atoms with Gasteiger partial charge in [-0.25, -0.2) is 9.79 Å². The summed E-state index contributed by atoms with van der Waals surface area (Å²) in [6.07, 6.45) is 1.72. The van der Waals surface area contributed by atoms with Gasteiger partial charge in [-0.05, 0) is 51.6 Å². The summed E-state index contributed by atoms with van der Waals surface area (Å²) in [5.74, 6) is 0.635. The number of carbonyl (C=O) groups excluding carboxylic acids is 1. The number of hydrogen-bond acceptors (Lipinski definition) is 5. The van der Waals surface area contributed by atoms with Gasteiger partial charge in [0, 0.05) is 0 Å². The third kappa shape index (κ3) is 3.75. The fourth-order valence-corrected chi connectivity index (χ4v) is 4.00. The summed E-state index contributed by atoms with van der Waals surface area (Å²) in [5.41, 5.74) is 2.24. The molecule has 146 valence electrons. The van der Waals surface area contributed by atoms with Crippen molar-refractivity contribution >= 4 is 40.1 Å². The van der Waals surface area contributed by atoms with Gasteiger partial charge in [-0.1, -0.05) is 60.7 Å². The molecule has 4 aromatic rings. The normalized spacial score (nSPS) is 14.7. The van der Waals surface area contributed by atoms with Crippen LogP contribution >= 0.6 is 11.3 Å². The van der Waals surface area contributed by atoms with Gasteiger partial charge in [0.25, 0.3) is 0 Å². The second-order valence-electron chi connectivity index (χ2n) is 6.81. The third-order valence-corrected chi connectivity index (χ3v) is 5.65. The number of rotatable bonds is 5. The van der Waals surface area contributed by atoms with E-state index in [1.165, 1.54) is 22.1 Å². The molecule has 1 aromatic heterocycles. The number of thiophene rings is 1. The van der Waals surface area contributed by atoms with Crippen molar-refractivity contribution in [3.63, 3.8) is 0 Å². The molecule has 0 spiro atoms. The molecule has 0 saturated carbocycles. The highest BCUT2D eigenvalue weighted by Crippen LogP contribution is 2.24. The minimum Gasteiger partial charge on any atom is -0.489 e. The summed E-state index contributed by atoms with van der Waals surface area (Å²) < 4.78 is 11.3. The quantitative estimate of drug-likeness (QED) is 0.307. The topological polar surface area (TPSA) is 47.9 Å². The van der Waals surface area contributed by atoms with Crippen LogP contribution in [0.25, 0.3) is 16.8 Å². The first-order valence-electron chi connectivity index (χ1n) is 9.52. The Balaban J connectivity index is 1.36. The van der Waals surface area contributed by atoms with E-state index in [1.807, 2.05) is 60.0 Å². The molecule has 0 radical (unpaired) electrons. The SMILES string of the molecule is O=C1OC(c2cccs2)=N/C1=C/c1cccc(OCc2cccc3ccccc23)c1. The predicted molar refractivity (Wildman–Crippen MR) is 120 cm³/mol. The van der Waals surface area contributed by atoms with Crippen LogP contribution in [0.1, 0.15) is 16.0 Å². The van der Waals surface area contributed by atoms with Crippen LogP contribution in [-0.2, 0) is 16.1 Å². The predicted octanol–water partition coefficient (Wildman–Crippen LogP) is 5.82. The molecule has 0 bridgehead atoms. The molecule has 5 rings (SSSR count). The number of esters is 1. The molecule has 0 unspecified atom stereocenters. The van der Waals surface area contributed by atoms with Crippen LogP contribution in [0.2, 0.25) is 0 Å². The molecule has 0 aliphatic carbocycles. The van der Waals surface area contributed by atoms with Gasteiger partial charge in [-0.15, -0.1) is 11.3 Å². The first kappa shape index (κ1) is 18.3. The first-order chi connectivity index (χ1) is 14.8. The second kappa shape index (κ2) is 7.97. The van der Waals surface area contributed by atoms with Crippen LogP contribution in [0.15, 0.2) is 94.9 Å². The molecule has 0 N–H and O–H groups in total. The van der Waals surface area contributed by atoms with Gasteiger partial charge in [0.1, 0.15) is 12.4 Å². The molecule has 5 heteroatoms. The zero-order valence-electron chi connectivity index (χ0n) is 15.9. The van der Waals surface area contributed by atoms with Crippen molar-refractivity contribution in [2.75, 3.05) is 0 Å².